The van der Waals surface area contributed by atoms with E-state index in [9.17, 15) is 4.79 Å². The van der Waals surface area contributed by atoms with Crippen LogP contribution in [0.4, 0.5) is 0 Å². The zero-order chi connectivity index (χ0) is 13.5. The first-order valence-corrected chi connectivity index (χ1v) is 7.18. The van der Waals surface area contributed by atoms with Crippen LogP contribution in [0.15, 0.2) is 0 Å². The maximum absolute atomic E-state index is 12.2. The quantitative estimate of drug-likeness (QED) is 0.746. The number of rotatable bonds is 7. The Morgan fingerprint density at radius 2 is 2.17 bits per heavy atom. The molecule has 4 nitrogen and oxygen atoms in total. The summed E-state index contributed by atoms with van der Waals surface area (Å²) >= 11 is 0. The van der Waals surface area contributed by atoms with Gasteiger partial charge in [0.15, 0.2) is 0 Å². The molecule has 1 fully saturated rings. The van der Waals surface area contributed by atoms with Crippen LogP contribution in [0, 0.1) is 5.92 Å². The summed E-state index contributed by atoms with van der Waals surface area (Å²) in [6, 6.07) is 0.428. The van der Waals surface area contributed by atoms with E-state index in [-0.39, 0.29) is 0 Å². The standard InChI is InChI=1S/C14H29N3O/c1-12(8-9-15)6-7-14(18)17-10-4-5-13(17)11-16(2)3/h12-13H,4-11,15H2,1-3H3. The number of nitrogens with two attached hydrogens (primary N) is 1. The molecular weight excluding hydrogens is 226 g/mol. The largest absolute Gasteiger partial charge is 0.338 e. The molecule has 1 amide bonds. The van der Waals surface area contributed by atoms with Gasteiger partial charge < -0.3 is 15.5 Å². The maximum atomic E-state index is 12.2. The van der Waals surface area contributed by atoms with Crippen molar-refractivity contribution in [2.75, 3.05) is 33.7 Å². The Labute approximate surface area is 111 Å². The average Bonchev–Trinajstić information content (AvgIpc) is 2.73. The number of hydrogen-bond donors (Lipinski definition) is 1. The fraction of sp³-hybridized carbons (Fsp3) is 0.929. The monoisotopic (exact) mass is 255 g/mol. The summed E-state index contributed by atoms with van der Waals surface area (Å²) in [5.74, 6) is 0.900. The molecule has 0 aromatic carbocycles. The number of likely N-dealkylation sites (tertiary alicyclic amines) is 1. The van der Waals surface area contributed by atoms with Crippen molar-refractivity contribution < 1.29 is 4.79 Å². The second-order valence-corrected chi connectivity index (χ2v) is 5.87. The van der Waals surface area contributed by atoms with Crippen molar-refractivity contribution in [3.63, 3.8) is 0 Å². The normalized spacial score (nSPS) is 21.6. The average molecular weight is 255 g/mol. The van der Waals surface area contributed by atoms with Crippen LogP contribution in [-0.4, -0.2) is 55.5 Å². The van der Waals surface area contributed by atoms with Gasteiger partial charge in [-0.1, -0.05) is 6.92 Å². The summed E-state index contributed by atoms with van der Waals surface area (Å²) in [6.45, 7) is 4.84. The van der Waals surface area contributed by atoms with Gasteiger partial charge in [-0.3, -0.25) is 4.79 Å². The van der Waals surface area contributed by atoms with Crippen LogP contribution in [0.25, 0.3) is 0 Å². The molecule has 0 aromatic heterocycles. The third-order valence-electron chi connectivity index (χ3n) is 3.78. The van der Waals surface area contributed by atoms with E-state index in [1.54, 1.807) is 0 Å². The first-order chi connectivity index (χ1) is 8.54. The van der Waals surface area contributed by atoms with Gasteiger partial charge in [0.1, 0.15) is 0 Å². The number of carbonyl (C=O) groups excluding carboxylic acids is 1. The van der Waals surface area contributed by atoms with Crippen molar-refractivity contribution in [2.24, 2.45) is 11.7 Å². The van der Waals surface area contributed by atoms with Gasteiger partial charge in [-0.05, 0) is 52.2 Å². The molecule has 0 saturated carbocycles. The topological polar surface area (TPSA) is 49.6 Å². The molecule has 0 radical (unpaired) electrons. The van der Waals surface area contributed by atoms with Crippen LogP contribution in [0.2, 0.25) is 0 Å². The molecule has 2 atom stereocenters. The van der Waals surface area contributed by atoms with Crippen LogP contribution in [0.5, 0.6) is 0 Å². The summed E-state index contributed by atoms with van der Waals surface area (Å²) in [6.07, 6.45) is 4.99. The summed E-state index contributed by atoms with van der Waals surface area (Å²) in [5, 5.41) is 0. The maximum Gasteiger partial charge on any atom is 0.222 e. The number of carbonyl (C=O) groups is 1. The smallest absolute Gasteiger partial charge is 0.222 e. The van der Waals surface area contributed by atoms with E-state index in [2.05, 4.69) is 30.8 Å². The van der Waals surface area contributed by atoms with Gasteiger partial charge in [0.25, 0.3) is 0 Å². The number of hydrogen-bond acceptors (Lipinski definition) is 3. The van der Waals surface area contributed by atoms with Gasteiger partial charge >= 0.3 is 0 Å². The third-order valence-corrected chi connectivity index (χ3v) is 3.78. The van der Waals surface area contributed by atoms with Crippen molar-refractivity contribution in [2.45, 2.75) is 45.1 Å². The number of nitrogens with zero attached hydrogens (tertiary/aromatic N) is 2. The van der Waals surface area contributed by atoms with Crippen LogP contribution < -0.4 is 5.73 Å². The Kier molecular flexibility index (Phi) is 6.65. The molecule has 0 aliphatic carbocycles. The predicted molar refractivity (Wildman–Crippen MR) is 75.4 cm³/mol. The van der Waals surface area contributed by atoms with Crippen LogP contribution in [-0.2, 0) is 4.79 Å². The van der Waals surface area contributed by atoms with Crippen molar-refractivity contribution in [3.8, 4) is 0 Å². The van der Waals surface area contributed by atoms with Gasteiger partial charge in [0.05, 0.1) is 0 Å². The van der Waals surface area contributed by atoms with E-state index in [1.165, 1.54) is 0 Å². The Morgan fingerprint density at radius 3 is 2.78 bits per heavy atom. The van der Waals surface area contributed by atoms with Crippen molar-refractivity contribution in [1.82, 2.24) is 9.80 Å². The van der Waals surface area contributed by atoms with Gasteiger partial charge in [-0.2, -0.15) is 0 Å². The van der Waals surface area contributed by atoms with E-state index in [4.69, 9.17) is 5.73 Å². The molecular formula is C14H29N3O. The lowest BCUT2D eigenvalue weighted by atomic mass is 10.0. The van der Waals surface area contributed by atoms with E-state index in [0.717, 1.165) is 45.3 Å². The molecule has 4 heteroatoms. The molecule has 0 bridgehead atoms. The lowest BCUT2D eigenvalue weighted by Crippen LogP contribution is -2.41. The summed E-state index contributed by atoms with van der Waals surface area (Å²) in [7, 11) is 4.15. The van der Waals surface area contributed by atoms with Gasteiger partial charge in [-0.25, -0.2) is 0 Å². The molecule has 0 spiro atoms. The second-order valence-electron chi connectivity index (χ2n) is 5.87. The molecule has 0 aromatic rings. The Morgan fingerprint density at radius 1 is 1.44 bits per heavy atom. The minimum Gasteiger partial charge on any atom is -0.338 e. The van der Waals surface area contributed by atoms with Crippen molar-refractivity contribution in [1.29, 1.82) is 0 Å². The van der Waals surface area contributed by atoms with E-state index in [0.29, 0.717) is 24.3 Å². The van der Waals surface area contributed by atoms with Crippen LogP contribution in [0.1, 0.15) is 39.0 Å². The Bertz CT molecular complexity index is 255. The van der Waals surface area contributed by atoms with E-state index < -0.39 is 0 Å². The molecule has 2 N–H and O–H groups in total. The lowest BCUT2D eigenvalue weighted by molar-refractivity contribution is -0.132. The molecule has 2 unspecified atom stereocenters. The van der Waals surface area contributed by atoms with Crippen LogP contribution in [0.3, 0.4) is 0 Å². The molecule has 1 aliphatic heterocycles. The van der Waals surface area contributed by atoms with E-state index in [1.807, 2.05) is 0 Å². The summed E-state index contributed by atoms with van der Waals surface area (Å²) < 4.78 is 0. The number of amides is 1. The highest BCUT2D eigenvalue weighted by atomic mass is 16.2. The highest BCUT2D eigenvalue weighted by molar-refractivity contribution is 5.76. The highest BCUT2D eigenvalue weighted by Gasteiger charge is 2.28. The molecule has 1 aliphatic rings. The van der Waals surface area contributed by atoms with E-state index >= 15 is 0 Å². The van der Waals surface area contributed by atoms with Crippen LogP contribution >= 0.6 is 0 Å². The fourth-order valence-electron chi connectivity index (χ4n) is 2.72. The molecule has 1 heterocycles. The van der Waals surface area contributed by atoms with Crippen molar-refractivity contribution >= 4 is 5.91 Å². The summed E-state index contributed by atoms with van der Waals surface area (Å²) in [4.78, 5) is 16.5. The highest BCUT2D eigenvalue weighted by Crippen LogP contribution is 2.20. The zero-order valence-corrected chi connectivity index (χ0v) is 12.2. The summed E-state index contributed by atoms with van der Waals surface area (Å²) in [5.41, 5.74) is 5.53. The fourth-order valence-corrected chi connectivity index (χ4v) is 2.72. The van der Waals surface area contributed by atoms with Gasteiger partial charge in [0, 0.05) is 25.6 Å². The molecule has 18 heavy (non-hydrogen) atoms. The van der Waals surface area contributed by atoms with Crippen molar-refractivity contribution in [3.05, 3.63) is 0 Å². The lowest BCUT2D eigenvalue weighted by Gasteiger charge is -2.27. The molecule has 106 valence electrons. The number of likely N-dealkylation sites (N-methyl/N-ethyl adjacent to an activating group) is 1. The van der Waals surface area contributed by atoms with Gasteiger partial charge in [-0.15, -0.1) is 0 Å². The predicted octanol–water partition coefficient (Wildman–Crippen LogP) is 1.30. The first kappa shape index (κ1) is 15.4. The zero-order valence-electron chi connectivity index (χ0n) is 12.2. The van der Waals surface area contributed by atoms with Gasteiger partial charge in [0.2, 0.25) is 5.91 Å². The first-order valence-electron chi connectivity index (χ1n) is 7.18. The molecule has 1 rings (SSSR count). The third kappa shape index (κ3) is 4.94. The SMILES string of the molecule is CC(CCN)CCC(=O)N1CCCC1CN(C)C. The molecule has 1 saturated heterocycles. The Hall–Kier alpha value is -0.610. The second kappa shape index (κ2) is 7.74. The Balaban J connectivity index is 2.35. The minimum absolute atomic E-state index is 0.336. The minimum atomic E-state index is 0.336.